The van der Waals surface area contributed by atoms with Crippen LogP contribution in [0.3, 0.4) is 0 Å². The van der Waals surface area contributed by atoms with Gasteiger partial charge in [-0.05, 0) is 42.0 Å². The number of guanidine groups is 1. The predicted molar refractivity (Wildman–Crippen MR) is 112 cm³/mol. The Morgan fingerprint density at radius 3 is 2.79 bits per heavy atom. The minimum absolute atomic E-state index is 0.457. The highest BCUT2D eigenvalue weighted by Gasteiger charge is 2.08. The van der Waals surface area contributed by atoms with E-state index in [-0.39, 0.29) is 0 Å². The zero-order chi connectivity index (χ0) is 19.8. The number of hydrogen-bond donors (Lipinski definition) is 1. The second-order valence-corrected chi connectivity index (χ2v) is 6.62. The van der Waals surface area contributed by atoms with Crippen LogP contribution in [0.1, 0.15) is 17.0 Å². The van der Waals surface area contributed by atoms with E-state index < -0.39 is 0 Å². The Morgan fingerprint density at radius 2 is 2.07 bits per heavy atom. The molecule has 0 aliphatic rings. The van der Waals surface area contributed by atoms with E-state index in [9.17, 15) is 0 Å². The van der Waals surface area contributed by atoms with Gasteiger partial charge in [-0.2, -0.15) is 0 Å². The molecule has 0 saturated carbocycles. The van der Waals surface area contributed by atoms with Crippen molar-refractivity contribution in [2.24, 2.45) is 12.0 Å². The van der Waals surface area contributed by atoms with Crippen LogP contribution in [-0.4, -0.2) is 34.5 Å². The number of nitrogens with zero attached hydrogens (tertiary/aromatic N) is 4. The minimum Gasteiger partial charge on any atom is -0.487 e. The van der Waals surface area contributed by atoms with Gasteiger partial charge in [0.25, 0.3) is 0 Å². The first-order valence-corrected chi connectivity index (χ1v) is 9.29. The summed E-state index contributed by atoms with van der Waals surface area (Å²) in [5.74, 6) is 1.68. The van der Waals surface area contributed by atoms with Crippen LogP contribution < -0.4 is 10.1 Å². The van der Waals surface area contributed by atoms with Crippen molar-refractivity contribution in [2.45, 2.75) is 19.7 Å². The molecule has 2 aromatic heterocycles. The van der Waals surface area contributed by atoms with Crippen molar-refractivity contribution >= 4 is 5.96 Å². The molecular weight excluding hydrogens is 350 g/mol. The lowest BCUT2D eigenvalue weighted by molar-refractivity contribution is 0.301. The first-order valence-electron chi connectivity index (χ1n) is 9.29. The average Bonchev–Trinajstić information content (AvgIpc) is 3.12. The van der Waals surface area contributed by atoms with Crippen LogP contribution in [0.15, 0.2) is 72.0 Å². The summed E-state index contributed by atoms with van der Waals surface area (Å²) < 4.78 is 7.98. The van der Waals surface area contributed by atoms with Crippen LogP contribution >= 0.6 is 0 Å². The Morgan fingerprint density at radius 1 is 1.18 bits per heavy atom. The highest BCUT2D eigenvalue weighted by molar-refractivity contribution is 5.79. The van der Waals surface area contributed by atoms with Gasteiger partial charge in [-0.3, -0.25) is 9.98 Å². The van der Waals surface area contributed by atoms with E-state index in [2.05, 4.69) is 56.2 Å². The Kier molecular flexibility index (Phi) is 6.68. The van der Waals surface area contributed by atoms with Crippen LogP contribution in [-0.2, 0) is 26.7 Å². The maximum absolute atomic E-state index is 5.86. The van der Waals surface area contributed by atoms with E-state index >= 15 is 0 Å². The van der Waals surface area contributed by atoms with E-state index in [4.69, 9.17) is 4.74 Å². The molecule has 0 radical (unpaired) electrons. The average molecular weight is 377 g/mol. The third kappa shape index (κ3) is 5.36. The van der Waals surface area contributed by atoms with E-state index in [0.717, 1.165) is 29.5 Å². The lowest BCUT2D eigenvalue weighted by Gasteiger charge is -2.22. The Labute approximate surface area is 166 Å². The van der Waals surface area contributed by atoms with Crippen molar-refractivity contribution in [3.63, 3.8) is 0 Å². The first kappa shape index (κ1) is 19.5. The summed E-state index contributed by atoms with van der Waals surface area (Å²) in [6.45, 7) is 1.92. The van der Waals surface area contributed by atoms with Crippen molar-refractivity contribution in [3.05, 3.63) is 83.9 Å². The number of ether oxygens (including phenoxy) is 1. The molecule has 6 nitrogen and oxygen atoms in total. The number of aromatic nitrogens is 2. The van der Waals surface area contributed by atoms with Crippen LogP contribution in [0.25, 0.3) is 0 Å². The van der Waals surface area contributed by atoms with E-state index in [1.54, 1.807) is 13.2 Å². The summed E-state index contributed by atoms with van der Waals surface area (Å²) in [7, 11) is 5.89. The second-order valence-electron chi connectivity index (χ2n) is 6.62. The minimum atomic E-state index is 0.457. The number of benzene rings is 1. The summed E-state index contributed by atoms with van der Waals surface area (Å²) in [5, 5.41) is 3.42. The molecule has 0 fully saturated rings. The molecule has 0 spiro atoms. The quantitative estimate of drug-likeness (QED) is 0.507. The van der Waals surface area contributed by atoms with Crippen molar-refractivity contribution in [2.75, 3.05) is 14.1 Å². The molecule has 0 unspecified atom stereocenters. The number of nitrogens with one attached hydrogen (secondary N) is 1. The zero-order valence-corrected chi connectivity index (χ0v) is 16.7. The molecule has 146 valence electrons. The van der Waals surface area contributed by atoms with Gasteiger partial charge in [0, 0.05) is 45.8 Å². The Hall–Kier alpha value is -3.28. The SMILES string of the molecule is CN=C(NCc1cccc(OCc2ccccn2)c1)N(C)Cc1cccn1C. The Balaban J connectivity index is 1.55. The van der Waals surface area contributed by atoms with E-state index in [0.29, 0.717) is 13.2 Å². The molecule has 0 atom stereocenters. The predicted octanol–water partition coefficient (Wildman–Crippen LogP) is 3.21. The molecule has 1 N–H and O–H groups in total. The molecule has 3 rings (SSSR count). The highest BCUT2D eigenvalue weighted by atomic mass is 16.5. The summed E-state index contributed by atoms with van der Waals surface area (Å²) in [5.41, 5.74) is 3.27. The number of pyridine rings is 1. The maximum Gasteiger partial charge on any atom is 0.194 e. The summed E-state index contributed by atoms with van der Waals surface area (Å²) >= 11 is 0. The number of rotatable bonds is 7. The van der Waals surface area contributed by atoms with Gasteiger partial charge < -0.3 is 19.5 Å². The monoisotopic (exact) mass is 377 g/mol. The van der Waals surface area contributed by atoms with Gasteiger partial charge in [-0.15, -0.1) is 0 Å². The number of aryl methyl sites for hydroxylation is 1. The molecule has 28 heavy (non-hydrogen) atoms. The maximum atomic E-state index is 5.86. The van der Waals surface area contributed by atoms with Gasteiger partial charge in [0.2, 0.25) is 0 Å². The lowest BCUT2D eigenvalue weighted by Crippen LogP contribution is -2.38. The van der Waals surface area contributed by atoms with Gasteiger partial charge in [0.15, 0.2) is 5.96 Å². The highest BCUT2D eigenvalue weighted by Crippen LogP contribution is 2.15. The van der Waals surface area contributed by atoms with E-state index in [1.807, 2.05) is 43.4 Å². The first-order chi connectivity index (χ1) is 13.7. The fourth-order valence-electron chi connectivity index (χ4n) is 2.93. The van der Waals surface area contributed by atoms with Gasteiger partial charge in [-0.1, -0.05) is 18.2 Å². The van der Waals surface area contributed by atoms with Crippen LogP contribution in [0.4, 0.5) is 0 Å². The van der Waals surface area contributed by atoms with Crippen molar-refractivity contribution < 1.29 is 4.74 Å². The lowest BCUT2D eigenvalue weighted by atomic mass is 10.2. The fourth-order valence-corrected chi connectivity index (χ4v) is 2.93. The molecular formula is C22H27N5O. The molecule has 0 amide bonds. The molecule has 2 heterocycles. The fraction of sp³-hybridized carbons (Fsp3) is 0.273. The van der Waals surface area contributed by atoms with E-state index in [1.165, 1.54) is 5.69 Å². The topological polar surface area (TPSA) is 54.7 Å². The summed E-state index contributed by atoms with van der Waals surface area (Å²) in [6, 6.07) is 18.1. The molecule has 0 aliphatic heterocycles. The van der Waals surface area contributed by atoms with Crippen LogP contribution in [0, 0.1) is 0 Å². The van der Waals surface area contributed by atoms with Gasteiger partial charge >= 0.3 is 0 Å². The van der Waals surface area contributed by atoms with Gasteiger partial charge in [0.1, 0.15) is 12.4 Å². The molecule has 0 bridgehead atoms. The largest absolute Gasteiger partial charge is 0.487 e. The standard InChI is InChI=1S/C22H27N5O/c1-23-22(27(3)16-20-10-7-13-26(20)2)25-15-18-8-6-11-21(14-18)28-17-19-9-4-5-12-24-19/h4-14H,15-17H2,1-3H3,(H,23,25). The third-order valence-electron chi connectivity index (χ3n) is 4.49. The zero-order valence-electron chi connectivity index (χ0n) is 16.7. The molecule has 1 aromatic carbocycles. The normalized spacial score (nSPS) is 11.3. The third-order valence-corrected chi connectivity index (χ3v) is 4.49. The molecule has 0 aliphatic carbocycles. The van der Waals surface area contributed by atoms with Gasteiger partial charge in [0.05, 0.1) is 12.2 Å². The molecule has 6 heteroatoms. The number of hydrogen-bond acceptors (Lipinski definition) is 3. The van der Waals surface area contributed by atoms with Crippen LogP contribution in [0.5, 0.6) is 5.75 Å². The summed E-state index contributed by atoms with van der Waals surface area (Å²) in [4.78, 5) is 10.8. The van der Waals surface area contributed by atoms with Crippen molar-refractivity contribution in [3.8, 4) is 5.75 Å². The summed E-state index contributed by atoms with van der Waals surface area (Å²) in [6.07, 6.45) is 3.83. The number of aliphatic imine (C=N–C) groups is 1. The van der Waals surface area contributed by atoms with Crippen molar-refractivity contribution in [1.29, 1.82) is 0 Å². The van der Waals surface area contributed by atoms with Crippen molar-refractivity contribution in [1.82, 2.24) is 19.8 Å². The van der Waals surface area contributed by atoms with Crippen LogP contribution in [0.2, 0.25) is 0 Å². The Bertz CT molecular complexity index is 904. The molecule has 3 aromatic rings. The van der Waals surface area contributed by atoms with Gasteiger partial charge in [-0.25, -0.2) is 0 Å². The smallest absolute Gasteiger partial charge is 0.194 e. The molecule has 0 saturated heterocycles. The second kappa shape index (κ2) is 9.60.